The Balaban J connectivity index is 1.50. The largest absolute Gasteiger partial charge is 0.504 e. The normalized spacial score (nSPS) is 39.2. The molecule has 6 nitrogen and oxygen atoms in total. The molecule has 6 rings (SSSR count). The lowest BCUT2D eigenvalue weighted by atomic mass is 9.48. The Hall–Kier alpha value is -2.23. The van der Waals surface area contributed by atoms with Gasteiger partial charge in [-0.3, -0.25) is 9.69 Å². The summed E-state index contributed by atoms with van der Waals surface area (Å²) in [4.78, 5) is 14.5. The number of likely N-dealkylation sites (tertiary alicyclic amines) is 1. The van der Waals surface area contributed by atoms with Crippen LogP contribution in [0.4, 0.5) is 0 Å². The fraction of sp³-hybridized carbons (Fsp3) is 0.609. The van der Waals surface area contributed by atoms with E-state index in [1.807, 2.05) is 6.07 Å². The summed E-state index contributed by atoms with van der Waals surface area (Å²) in [6.45, 7) is 1.94. The summed E-state index contributed by atoms with van der Waals surface area (Å²) in [6, 6.07) is 3.43. The lowest BCUT2D eigenvalue weighted by Crippen LogP contribution is -2.78. The molecule has 1 saturated heterocycles. The standard InChI is InChI=1S/C23H26N2O4/c1-2-18(27)24-15-7-8-23(28)17-11-14-5-6-16(26)20-19(14)22(23,21(15)29-20)9-10-25(17)12-13-3-4-13/h1,5-6,13,15,17,21,26,28H,3-4,7-12H2,(H,24,27)/t15-,17?,21?,22?,23?/m1/s1. The average Bonchev–Trinajstić information content (AvgIpc) is 3.44. The maximum Gasteiger partial charge on any atom is 0.295 e. The Morgan fingerprint density at radius 1 is 1.34 bits per heavy atom. The average molecular weight is 394 g/mol. The van der Waals surface area contributed by atoms with Crippen molar-refractivity contribution in [3.05, 3.63) is 23.3 Å². The smallest absolute Gasteiger partial charge is 0.295 e. The SMILES string of the molecule is C#CC(=O)N[C@@H]1CCC2(O)C3Cc4ccc(O)c5c4C2(CCN3CC2CC2)C1O5. The molecular weight excluding hydrogens is 368 g/mol. The molecule has 5 atom stereocenters. The van der Waals surface area contributed by atoms with E-state index in [9.17, 15) is 15.0 Å². The van der Waals surface area contributed by atoms with Crippen molar-refractivity contribution >= 4 is 5.91 Å². The van der Waals surface area contributed by atoms with Crippen molar-refractivity contribution in [3.8, 4) is 23.8 Å². The fourth-order valence-electron chi connectivity index (χ4n) is 6.84. The number of carbonyl (C=O) groups is 1. The molecule has 1 spiro atoms. The number of phenolic OH excluding ortho intramolecular Hbond substituents is 1. The first-order valence-corrected chi connectivity index (χ1v) is 10.7. The summed E-state index contributed by atoms with van der Waals surface area (Å²) in [5.41, 5.74) is 0.560. The van der Waals surface area contributed by atoms with E-state index in [-0.39, 0.29) is 17.8 Å². The molecule has 29 heavy (non-hydrogen) atoms. The van der Waals surface area contributed by atoms with Crippen molar-refractivity contribution < 1.29 is 19.7 Å². The number of aromatic hydroxyl groups is 1. The lowest BCUT2D eigenvalue weighted by Gasteiger charge is -2.64. The number of rotatable bonds is 3. The molecule has 2 aliphatic heterocycles. The second-order valence-electron chi connectivity index (χ2n) is 9.55. The van der Waals surface area contributed by atoms with Gasteiger partial charge in [0.05, 0.1) is 17.1 Å². The van der Waals surface area contributed by atoms with Crippen LogP contribution in [-0.4, -0.2) is 57.9 Å². The zero-order valence-electron chi connectivity index (χ0n) is 16.4. The zero-order valence-corrected chi connectivity index (χ0v) is 16.4. The molecule has 6 heteroatoms. The van der Waals surface area contributed by atoms with Crippen molar-refractivity contribution in [2.45, 2.75) is 67.7 Å². The number of ether oxygens (including phenoxy) is 1. The highest BCUT2D eigenvalue weighted by Gasteiger charge is 2.73. The van der Waals surface area contributed by atoms with E-state index < -0.39 is 23.0 Å². The number of amides is 1. The van der Waals surface area contributed by atoms with Crippen molar-refractivity contribution in [2.24, 2.45) is 5.92 Å². The van der Waals surface area contributed by atoms with Crippen molar-refractivity contribution in [3.63, 3.8) is 0 Å². The number of aliphatic hydroxyl groups is 1. The van der Waals surface area contributed by atoms with Crippen LogP contribution in [0.3, 0.4) is 0 Å². The number of benzene rings is 1. The molecule has 1 aromatic rings. The zero-order chi connectivity index (χ0) is 20.0. The van der Waals surface area contributed by atoms with Gasteiger partial charge in [0.25, 0.3) is 5.91 Å². The summed E-state index contributed by atoms with van der Waals surface area (Å²) >= 11 is 0. The van der Waals surface area contributed by atoms with Crippen LogP contribution in [0.1, 0.15) is 43.2 Å². The minimum absolute atomic E-state index is 0.0372. The second-order valence-corrected chi connectivity index (χ2v) is 9.55. The molecule has 0 radical (unpaired) electrons. The van der Waals surface area contributed by atoms with Crippen molar-refractivity contribution in [1.29, 1.82) is 0 Å². The molecule has 2 heterocycles. The molecule has 1 aromatic carbocycles. The van der Waals surface area contributed by atoms with E-state index in [1.165, 1.54) is 12.8 Å². The second kappa shape index (κ2) is 5.68. The fourth-order valence-corrected chi connectivity index (χ4v) is 6.84. The molecule has 0 aromatic heterocycles. The molecule has 3 N–H and O–H groups in total. The summed E-state index contributed by atoms with van der Waals surface area (Å²) in [6.07, 6.45) is 10.2. The van der Waals surface area contributed by atoms with E-state index in [0.717, 1.165) is 43.0 Å². The van der Waals surface area contributed by atoms with E-state index in [1.54, 1.807) is 6.07 Å². The third-order valence-corrected chi connectivity index (χ3v) is 8.21. The van der Waals surface area contributed by atoms with Gasteiger partial charge in [-0.2, -0.15) is 0 Å². The predicted octanol–water partition coefficient (Wildman–Crippen LogP) is 1.07. The highest BCUT2D eigenvalue weighted by atomic mass is 16.5. The number of nitrogens with one attached hydrogen (secondary N) is 1. The summed E-state index contributed by atoms with van der Waals surface area (Å²) in [5, 5.41) is 25.7. The van der Waals surface area contributed by atoms with Gasteiger partial charge >= 0.3 is 0 Å². The van der Waals surface area contributed by atoms with Gasteiger partial charge in [0.15, 0.2) is 11.5 Å². The molecule has 2 bridgehead atoms. The Morgan fingerprint density at radius 2 is 2.17 bits per heavy atom. The highest BCUT2D eigenvalue weighted by Crippen LogP contribution is 2.65. The van der Waals surface area contributed by atoms with Crippen LogP contribution in [0.2, 0.25) is 0 Å². The number of hydrogen-bond acceptors (Lipinski definition) is 5. The minimum Gasteiger partial charge on any atom is -0.504 e. The minimum atomic E-state index is -0.936. The van der Waals surface area contributed by atoms with Crippen molar-refractivity contribution in [2.75, 3.05) is 13.1 Å². The summed E-state index contributed by atoms with van der Waals surface area (Å²) < 4.78 is 6.35. The third kappa shape index (κ3) is 2.13. The molecule has 3 aliphatic carbocycles. The first-order valence-electron chi connectivity index (χ1n) is 10.7. The number of carbonyl (C=O) groups excluding carboxylic acids is 1. The molecule has 5 aliphatic rings. The molecule has 1 amide bonds. The Morgan fingerprint density at radius 3 is 2.93 bits per heavy atom. The third-order valence-electron chi connectivity index (χ3n) is 8.21. The summed E-state index contributed by atoms with van der Waals surface area (Å²) in [5.74, 6) is 3.03. The number of piperidine rings is 1. The molecule has 2 saturated carbocycles. The van der Waals surface area contributed by atoms with Crippen LogP contribution in [0, 0.1) is 18.3 Å². The maximum atomic E-state index is 12.3. The van der Waals surface area contributed by atoms with E-state index >= 15 is 0 Å². The van der Waals surface area contributed by atoms with Crippen LogP contribution < -0.4 is 10.1 Å². The number of hydrogen-bond donors (Lipinski definition) is 3. The van der Waals surface area contributed by atoms with Gasteiger partial charge in [-0.15, -0.1) is 6.42 Å². The lowest BCUT2D eigenvalue weighted by molar-refractivity contribution is -0.192. The Labute approximate surface area is 170 Å². The van der Waals surface area contributed by atoms with Crippen LogP contribution in [0.15, 0.2) is 12.1 Å². The first-order chi connectivity index (χ1) is 14.0. The van der Waals surface area contributed by atoms with Gasteiger partial charge in [-0.05, 0) is 68.5 Å². The topological polar surface area (TPSA) is 82.0 Å². The molecular formula is C23H26N2O4. The molecule has 152 valence electrons. The van der Waals surface area contributed by atoms with Crippen LogP contribution in [-0.2, 0) is 16.6 Å². The van der Waals surface area contributed by atoms with E-state index in [2.05, 4.69) is 16.1 Å². The Bertz CT molecular complexity index is 951. The van der Waals surface area contributed by atoms with Gasteiger partial charge in [0.1, 0.15) is 6.10 Å². The predicted molar refractivity (Wildman–Crippen MR) is 106 cm³/mol. The number of nitrogens with zero attached hydrogens (tertiary/aromatic N) is 1. The quantitative estimate of drug-likeness (QED) is 0.669. The van der Waals surface area contributed by atoms with Gasteiger partial charge in [0.2, 0.25) is 0 Å². The van der Waals surface area contributed by atoms with Gasteiger partial charge in [-0.1, -0.05) is 6.07 Å². The van der Waals surface area contributed by atoms with Crippen LogP contribution in [0.25, 0.3) is 0 Å². The first kappa shape index (κ1) is 17.6. The monoisotopic (exact) mass is 394 g/mol. The van der Waals surface area contributed by atoms with E-state index in [4.69, 9.17) is 11.2 Å². The van der Waals surface area contributed by atoms with Crippen molar-refractivity contribution in [1.82, 2.24) is 10.2 Å². The van der Waals surface area contributed by atoms with E-state index in [0.29, 0.717) is 18.6 Å². The van der Waals surface area contributed by atoms with Gasteiger partial charge in [-0.25, -0.2) is 0 Å². The maximum absolute atomic E-state index is 12.3. The molecule has 3 fully saturated rings. The number of terminal acetylenes is 1. The number of phenols is 1. The van der Waals surface area contributed by atoms with Crippen LogP contribution >= 0.6 is 0 Å². The highest BCUT2D eigenvalue weighted by molar-refractivity contribution is 5.93. The van der Waals surface area contributed by atoms with Gasteiger partial charge < -0.3 is 20.3 Å². The Kier molecular flexibility index (Phi) is 3.45. The summed E-state index contributed by atoms with van der Waals surface area (Å²) in [7, 11) is 0. The van der Waals surface area contributed by atoms with Gasteiger partial charge in [0, 0.05) is 18.2 Å². The molecule has 4 unspecified atom stereocenters. The van der Waals surface area contributed by atoms with Crippen LogP contribution in [0.5, 0.6) is 11.5 Å².